The number of aryl methyl sites for hydroxylation is 2. The number of thiazole rings is 1. The summed E-state index contributed by atoms with van der Waals surface area (Å²) < 4.78 is 18.7. The van der Waals surface area contributed by atoms with Crippen molar-refractivity contribution in [2.45, 2.75) is 45.1 Å². The highest BCUT2D eigenvalue weighted by Gasteiger charge is 2.26. The van der Waals surface area contributed by atoms with E-state index in [4.69, 9.17) is 27.1 Å². The van der Waals surface area contributed by atoms with Crippen molar-refractivity contribution in [3.05, 3.63) is 68.2 Å². The highest BCUT2D eigenvalue weighted by molar-refractivity contribution is 7.12. The number of ether oxygens (including phenoxy) is 1. The zero-order valence-corrected chi connectivity index (χ0v) is 20.0. The highest BCUT2D eigenvalue weighted by atomic mass is 35.5. The third kappa shape index (κ3) is 5.15. The van der Waals surface area contributed by atoms with Crippen LogP contribution in [0.4, 0.5) is 4.39 Å². The molecule has 4 rings (SSSR count). The molecule has 1 fully saturated rings. The zero-order valence-electron chi connectivity index (χ0n) is 18.4. The fraction of sp³-hybridized carbons (Fsp3) is 0.346. The van der Waals surface area contributed by atoms with E-state index in [1.807, 2.05) is 38.1 Å². The quantitative estimate of drug-likeness (QED) is 0.404. The summed E-state index contributed by atoms with van der Waals surface area (Å²) in [5.74, 6) is 7.83. The molecule has 1 aliphatic rings. The average Bonchev–Trinajstić information content (AvgIpc) is 3.52. The Bertz CT molecular complexity index is 1180. The molecule has 0 spiro atoms. The van der Waals surface area contributed by atoms with Crippen LogP contribution in [0.3, 0.4) is 0 Å². The molecule has 2 N–H and O–H groups in total. The van der Waals surface area contributed by atoms with E-state index in [0.29, 0.717) is 10.9 Å². The Kier molecular flexibility index (Phi) is 6.85. The van der Waals surface area contributed by atoms with E-state index in [1.165, 1.54) is 36.3 Å². The molecule has 1 aromatic heterocycles. The highest BCUT2D eigenvalue weighted by Crippen LogP contribution is 2.39. The van der Waals surface area contributed by atoms with Crippen molar-refractivity contribution in [3.8, 4) is 28.8 Å². The molecule has 0 radical (unpaired) electrons. The van der Waals surface area contributed by atoms with E-state index < -0.39 is 6.04 Å². The fourth-order valence-electron chi connectivity index (χ4n) is 3.78. The topological polar surface area (TPSA) is 48.1 Å². The molecule has 0 aliphatic heterocycles. The van der Waals surface area contributed by atoms with Gasteiger partial charge in [-0.2, -0.15) is 0 Å². The average molecular weight is 469 g/mol. The van der Waals surface area contributed by atoms with Crippen LogP contribution in [0.5, 0.6) is 5.75 Å². The lowest BCUT2D eigenvalue weighted by molar-refractivity contribution is 0.412. The molecule has 1 unspecified atom stereocenters. The van der Waals surface area contributed by atoms with E-state index in [0.717, 1.165) is 44.4 Å². The molecule has 3 nitrogen and oxygen atoms in total. The zero-order chi connectivity index (χ0) is 22.8. The Morgan fingerprint density at radius 3 is 2.59 bits per heavy atom. The van der Waals surface area contributed by atoms with Gasteiger partial charge in [-0.25, -0.2) is 9.37 Å². The first kappa shape index (κ1) is 22.8. The molecular formula is C26H26ClFN2OS. The smallest absolute Gasteiger partial charge is 0.123 e. The third-order valence-corrected chi connectivity index (χ3v) is 7.14. The van der Waals surface area contributed by atoms with E-state index in [-0.39, 0.29) is 11.7 Å². The maximum absolute atomic E-state index is 13.4. The van der Waals surface area contributed by atoms with Crippen molar-refractivity contribution in [1.82, 2.24) is 4.98 Å². The maximum Gasteiger partial charge on any atom is 0.123 e. The standard InChI is InChI=1S/C26H26ClFN2OS/c1-15-12-21(22(27)14-24(15)31-3)25-16(2)32-26(30-25)23(29)11-8-19(13-17-4-5-17)18-6-9-20(28)10-7-18/h6-7,9-10,12,14,17,19,23H,4-5,13,29H2,1-3H3/t19-,23?/m0/s1. The van der Waals surface area contributed by atoms with Crippen molar-refractivity contribution in [2.24, 2.45) is 11.7 Å². The van der Waals surface area contributed by atoms with Crippen molar-refractivity contribution in [2.75, 3.05) is 7.11 Å². The van der Waals surface area contributed by atoms with Crippen LogP contribution in [-0.4, -0.2) is 12.1 Å². The first-order chi connectivity index (χ1) is 15.4. The monoisotopic (exact) mass is 468 g/mol. The number of aromatic nitrogens is 1. The molecule has 2 atom stereocenters. The van der Waals surface area contributed by atoms with Gasteiger partial charge < -0.3 is 10.5 Å². The Labute approximate surface area is 197 Å². The van der Waals surface area contributed by atoms with Gasteiger partial charge in [0.1, 0.15) is 22.6 Å². The van der Waals surface area contributed by atoms with Gasteiger partial charge in [-0.05, 0) is 61.6 Å². The van der Waals surface area contributed by atoms with Crippen LogP contribution in [0.15, 0.2) is 36.4 Å². The van der Waals surface area contributed by atoms with Crippen molar-refractivity contribution in [3.63, 3.8) is 0 Å². The van der Waals surface area contributed by atoms with E-state index in [2.05, 4.69) is 11.8 Å². The van der Waals surface area contributed by atoms with Gasteiger partial charge in [0.05, 0.1) is 17.8 Å². The number of methoxy groups -OCH3 is 1. The number of rotatable bonds is 6. The molecule has 3 aromatic rings. The predicted octanol–water partition coefficient (Wildman–Crippen LogP) is 6.82. The molecule has 1 aliphatic carbocycles. The molecule has 32 heavy (non-hydrogen) atoms. The summed E-state index contributed by atoms with van der Waals surface area (Å²) in [6.45, 7) is 3.99. The maximum atomic E-state index is 13.4. The Morgan fingerprint density at radius 2 is 1.94 bits per heavy atom. The summed E-state index contributed by atoms with van der Waals surface area (Å²) in [4.78, 5) is 5.83. The summed E-state index contributed by atoms with van der Waals surface area (Å²) in [6.07, 6.45) is 3.46. The second-order valence-corrected chi connectivity index (χ2v) is 9.95. The fourth-order valence-corrected chi connectivity index (χ4v) is 4.91. The van der Waals surface area contributed by atoms with Crippen LogP contribution in [0.2, 0.25) is 5.02 Å². The van der Waals surface area contributed by atoms with Gasteiger partial charge in [-0.1, -0.05) is 48.4 Å². The van der Waals surface area contributed by atoms with Crippen LogP contribution < -0.4 is 10.5 Å². The number of hydrogen-bond acceptors (Lipinski definition) is 4. The minimum Gasteiger partial charge on any atom is -0.496 e. The molecule has 0 bridgehead atoms. The summed E-state index contributed by atoms with van der Waals surface area (Å²) in [7, 11) is 1.63. The summed E-state index contributed by atoms with van der Waals surface area (Å²) in [5, 5.41) is 1.35. The third-order valence-electron chi connectivity index (χ3n) is 5.77. The van der Waals surface area contributed by atoms with Gasteiger partial charge in [-0.15, -0.1) is 11.3 Å². The first-order valence-electron chi connectivity index (χ1n) is 10.7. The Balaban J connectivity index is 1.59. The number of nitrogens with zero attached hydrogens (tertiary/aromatic N) is 1. The van der Waals surface area contributed by atoms with Crippen LogP contribution in [-0.2, 0) is 0 Å². The van der Waals surface area contributed by atoms with Gasteiger partial charge >= 0.3 is 0 Å². The number of halogens is 2. The lowest BCUT2D eigenvalue weighted by Crippen LogP contribution is -2.08. The largest absolute Gasteiger partial charge is 0.496 e. The molecule has 2 aromatic carbocycles. The number of nitrogens with two attached hydrogens (primary N) is 1. The normalized spacial score (nSPS) is 15.1. The predicted molar refractivity (Wildman–Crippen MR) is 130 cm³/mol. The van der Waals surface area contributed by atoms with Gasteiger partial charge in [0.25, 0.3) is 0 Å². The first-order valence-corrected chi connectivity index (χ1v) is 11.9. The minimum absolute atomic E-state index is 0.0494. The molecule has 1 saturated carbocycles. The van der Waals surface area contributed by atoms with Crippen molar-refractivity contribution >= 4 is 22.9 Å². The Hall–Kier alpha value is -2.39. The van der Waals surface area contributed by atoms with E-state index >= 15 is 0 Å². The molecule has 1 heterocycles. The Morgan fingerprint density at radius 1 is 1.22 bits per heavy atom. The lowest BCUT2D eigenvalue weighted by Gasteiger charge is -2.11. The SMILES string of the molecule is COc1cc(Cl)c(-c2nc(C(N)C#C[C@@H](CC3CC3)c3ccc(F)cc3)sc2C)cc1C. The second-order valence-electron chi connectivity index (χ2n) is 8.31. The molecule has 6 heteroatoms. The van der Waals surface area contributed by atoms with Crippen LogP contribution >= 0.6 is 22.9 Å². The molecule has 0 amide bonds. The number of benzene rings is 2. The van der Waals surface area contributed by atoms with Gasteiger partial charge in [0, 0.05) is 16.4 Å². The lowest BCUT2D eigenvalue weighted by atomic mass is 9.93. The van der Waals surface area contributed by atoms with E-state index in [9.17, 15) is 4.39 Å². The van der Waals surface area contributed by atoms with E-state index in [1.54, 1.807) is 7.11 Å². The van der Waals surface area contributed by atoms with Crippen LogP contribution in [0, 0.1) is 37.4 Å². The molecular weight excluding hydrogens is 443 g/mol. The molecule has 166 valence electrons. The summed E-state index contributed by atoms with van der Waals surface area (Å²) in [6, 6.07) is 9.94. The minimum atomic E-state index is -0.493. The van der Waals surface area contributed by atoms with Crippen molar-refractivity contribution < 1.29 is 9.13 Å². The van der Waals surface area contributed by atoms with Gasteiger partial charge in [-0.3, -0.25) is 0 Å². The second kappa shape index (κ2) is 9.62. The summed E-state index contributed by atoms with van der Waals surface area (Å²) >= 11 is 8.05. The van der Waals surface area contributed by atoms with Gasteiger partial charge in [0.15, 0.2) is 0 Å². The van der Waals surface area contributed by atoms with Gasteiger partial charge in [0.2, 0.25) is 0 Å². The van der Waals surface area contributed by atoms with Crippen LogP contribution in [0.1, 0.15) is 52.2 Å². The van der Waals surface area contributed by atoms with Crippen LogP contribution in [0.25, 0.3) is 11.3 Å². The summed E-state index contributed by atoms with van der Waals surface area (Å²) in [5.41, 5.74) is 10.1. The number of hydrogen-bond donors (Lipinski definition) is 1. The van der Waals surface area contributed by atoms with Crippen molar-refractivity contribution in [1.29, 1.82) is 0 Å². The molecule has 0 saturated heterocycles.